The third-order valence-corrected chi connectivity index (χ3v) is 4.00. The highest BCUT2D eigenvalue weighted by molar-refractivity contribution is 9.10. The van der Waals surface area contributed by atoms with Gasteiger partial charge >= 0.3 is 0 Å². The van der Waals surface area contributed by atoms with E-state index in [-0.39, 0.29) is 0 Å². The van der Waals surface area contributed by atoms with Crippen molar-refractivity contribution in [1.29, 1.82) is 0 Å². The number of methoxy groups -OCH3 is 3. The van der Waals surface area contributed by atoms with E-state index in [9.17, 15) is 4.79 Å². The van der Waals surface area contributed by atoms with Crippen molar-refractivity contribution in [2.75, 3.05) is 21.3 Å². The van der Waals surface area contributed by atoms with Crippen molar-refractivity contribution in [3.8, 4) is 17.2 Å². The van der Waals surface area contributed by atoms with E-state index in [1.807, 2.05) is 0 Å². The topological polar surface area (TPSA) is 57.1 Å². The average Bonchev–Trinajstić information content (AvgIpc) is 3.18. The molecule has 0 saturated heterocycles. The molecule has 1 saturated carbocycles. The normalized spacial score (nSPS) is 15.4. The van der Waals surface area contributed by atoms with E-state index in [2.05, 4.69) is 20.9 Å². The van der Waals surface area contributed by atoms with E-state index in [4.69, 9.17) is 14.2 Å². The van der Waals surface area contributed by atoms with Crippen LogP contribution in [-0.2, 0) is 10.3 Å². The number of aliphatic imine (C=N–C) groups is 1. The second-order valence-electron chi connectivity index (χ2n) is 4.24. The van der Waals surface area contributed by atoms with E-state index in [1.54, 1.807) is 33.5 Å². The predicted molar refractivity (Wildman–Crippen MR) is 72.8 cm³/mol. The molecule has 0 N–H and O–H groups in total. The number of ether oxygens (including phenoxy) is 3. The van der Waals surface area contributed by atoms with Gasteiger partial charge in [-0.15, -0.1) is 0 Å². The minimum atomic E-state index is -0.550. The fourth-order valence-electron chi connectivity index (χ4n) is 2.15. The number of halogens is 1. The van der Waals surface area contributed by atoms with Gasteiger partial charge in [0.25, 0.3) is 0 Å². The first-order valence-corrected chi connectivity index (χ1v) is 6.50. The van der Waals surface area contributed by atoms with Gasteiger partial charge < -0.3 is 14.2 Å². The summed E-state index contributed by atoms with van der Waals surface area (Å²) < 4.78 is 16.7. The summed E-state index contributed by atoms with van der Waals surface area (Å²) in [6.07, 6.45) is 3.21. The quantitative estimate of drug-likeness (QED) is 0.616. The first-order valence-electron chi connectivity index (χ1n) is 5.71. The molecule has 1 aromatic carbocycles. The van der Waals surface area contributed by atoms with Gasteiger partial charge in [-0.25, -0.2) is 4.79 Å². The van der Waals surface area contributed by atoms with Crippen LogP contribution in [0.3, 0.4) is 0 Å². The molecule has 1 aliphatic carbocycles. The minimum Gasteiger partial charge on any atom is -0.496 e. The maximum absolute atomic E-state index is 10.6. The summed E-state index contributed by atoms with van der Waals surface area (Å²) in [5.41, 5.74) is 0.252. The van der Waals surface area contributed by atoms with Gasteiger partial charge in [0.2, 0.25) is 6.08 Å². The Hall–Kier alpha value is -1.52. The molecule has 0 atom stereocenters. The molecule has 1 aromatic rings. The highest BCUT2D eigenvalue weighted by Crippen LogP contribution is 2.58. The first kappa shape index (κ1) is 13.9. The maximum Gasteiger partial charge on any atom is 0.235 e. The van der Waals surface area contributed by atoms with Gasteiger partial charge in [-0.2, -0.15) is 4.99 Å². The molecular formula is C13H14BrNO4. The van der Waals surface area contributed by atoms with Gasteiger partial charge in [-0.1, -0.05) is 0 Å². The SMILES string of the molecule is COc1cc(OC)c(C2(N=C=O)CC2)c(Br)c1OC. The maximum atomic E-state index is 10.6. The lowest BCUT2D eigenvalue weighted by Crippen LogP contribution is -2.08. The summed E-state index contributed by atoms with van der Waals surface area (Å²) in [7, 11) is 4.68. The van der Waals surface area contributed by atoms with Crippen LogP contribution in [0.2, 0.25) is 0 Å². The van der Waals surface area contributed by atoms with Crippen molar-refractivity contribution < 1.29 is 19.0 Å². The molecule has 1 fully saturated rings. The zero-order chi connectivity index (χ0) is 14.0. The standard InChI is InChI=1S/C13H14BrNO4/c1-17-8-6-9(18-2)12(19-3)11(14)10(8)13(4-5-13)15-7-16/h6H,4-5H2,1-3H3. The van der Waals surface area contributed by atoms with Gasteiger partial charge in [-0.3, -0.25) is 0 Å². The van der Waals surface area contributed by atoms with Crippen molar-refractivity contribution in [2.24, 2.45) is 4.99 Å². The molecule has 6 heteroatoms. The number of rotatable bonds is 5. The second kappa shape index (κ2) is 5.23. The van der Waals surface area contributed by atoms with Gasteiger partial charge in [0.15, 0.2) is 11.5 Å². The molecule has 0 heterocycles. The van der Waals surface area contributed by atoms with Crippen LogP contribution < -0.4 is 14.2 Å². The van der Waals surface area contributed by atoms with E-state index < -0.39 is 5.54 Å². The molecule has 19 heavy (non-hydrogen) atoms. The highest BCUT2D eigenvalue weighted by atomic mass is 79.9. The Labute approximate surface area is 119 Å². The lowest BCUT2D eigenvalue weighted by Gasteiger charge is -2.19. The number of hydrogen-bond acceptors (Lipinski definition) is 5. The Morgan fingerprint density at radius 2 is 1.84 bits per heavy atom. The number of hydrogen-bond donors (Lipinski definition) is 0. The number of nitrogens with zero attached hydrogens (tertiary/aromatic N) is 1. The fourth-order valence-corrected chi connectivity index (χ4v) is 3.07. The molecule has 0 aliphatic heterocycles. The van der Waals surface area contributed by atoms with Crippen molar-refractivity contribution in [3.05, 3.63) is 16.1 Å². The summed E-state index contributed by atoms with van der Waals surface area (Å²) in [4.78, 5) is 14.5. The van der Waals surface area contributed by atoms with Gasteiger partial charge in [0, 0.05) is 11.6 Å². The molecule has 0 amide bonds. The molecule has 1 aliphatic rings. The second-order valence-corrected chi connectivity index (χ2v) is 5.03. The summed E-state index contributed by atoms with van der Waals surface area (Å²) >= 11 is 3.50. The largest absolute Gasteiger partial charge is 0.496 e. The Balaban J connectivity index is 2.69. The molecule has 0 radical (unpaired) electrons. The smallest absolute Gasteiger partial charge is 0.235 e. The van der Waals surface area contributed by atoms with Crippen LogP contribution in [0.1, 0.15) is 18.4 Å². The molecule has 2 rings (SSSR count). The monoisotopic (exact) mass is 327 g/mol. The van der Waals surface area contributed by atoms with Crippen molar-refractivity contribution in [2.45, 2.75) is 18.4 Å². The molecule has 0 unspecified atom stereocenters. The summed E-state index contributed by atoms with van der Waals surface area (Å²) in [6.45, 7) is 0. The van der Waals surface area contributed by atoms with E-state index in [1.165, 1.54) is 0 Å². The zero-order valence-electron chi connectivity index (χ0n) is 10.9. The van der Waals surface area contributed by atoms with E-state index in [0.717, 1.165) is 18.4 Å². The number of carbonyl (C=O) groups excluding carboxylic acids is 1. The van der Waals surface area contributed by atoms with Crippen LogP contribution >= 0.6 is 15.9 Å². The lowest BCUT2D eigenvalue weighted by molar-refractivity contribution is 0.344. The number of isocyanates is 1. The van der Waals surface area contributed by atoms with Crippen LogP contribution in [0, 0.1) is 0 Å². The summed E-state index contributed by atoms with van der Waals surface area (Å²) in [5, 5.41) is 0. The molecule has 0 bridgehead atoms. The Morgan fingerprint density at radius 1 is 1.21 bits per heavy atom. The third-order valence-electron chi connectivity index (χ3n) is 3.24. The molecule has 102 valence electrons. The first-order chi connectivity index (χ1) is 9.13. The predicted octanol–water partition coefficient (Wildman–Crippen LogP) is 2.80. The van der Waals surface area contributed by atoms with Gasteiger partial charge in [0.1, 0.15) is 11.3 Å². The molecule has 5 nitrogen and oxygen atoms in total. The van der Waals surface area contributed by atoms with Crippen molar-refractivity contribution in [3.63, 3.8) is 0 Å². The van der Waals surface area contributed by atoms with Crippen LogP contribution in [0.5, 0.6) is 17.2 Å². The Bertz CT molecular complexity index is 548. The molecular weight excluding hydrogens is 314 g/mol. The molecule has 0 spiro atoms. The van der Waals surface area contributed by atoms with Gasteiger partial charge in [0.05, 0.1) is 25.8 Å². The Morgan fingerprint density at radius 3 is 2.26 bits per heavy atom. The van der Waals surface area contributed by atoms with Crippen LogP contribution in [-0.4, -0.2) is 27.4 Å². The third kappa shape index (κ3) is 2.22. The number of benzene rings is 1. The summed E-state index contributed by atoms with van der Waals surface area (Å²) in [6, 6.07) is 1.74. The van der Waals surface area contributed by atoms with Crippen molar-refractivity contribution >= 4 is 22.0 Å². The highest BCUT2D eigenvalue weighted by Gasteiger charge is 2.49. The fraction of sp³-hybridized carbons (Fsp3) is 0.462. The van der Waals surface area contributed by atoms with Crippen LogP contribution in [0.25, 0.3) is 0 Å². The van der Waals surface area contributed by atoms with Crippen LogP contribution in [0.15, 0.2) is 15.5 Å². The van der Waals surface area contributed by atoms with E-state index >= 15 is 0 Å². The van der Waals surface area contributed by atoms with E-state index in [0.29, 0.717) is 21.7 Å². The van der Waals surface area contributed by atoms with Crippen LogP contribution in [0.4, 0.5) is 0 Å². The Kier molecular flexibility index (Phi) is 3.83. The minimum absolute atomic E-state index is 0.550. The van der Waals surface area contributed by atoms with Gasteiger partial charge in [-0.05, 0) is 28.8 Å². The summed E-state index contributed by atoms with van der Waals surface area (Å²) in [5.74, 6) is 1.73. The molecule has 0 aromatic heterocycles. The van der Waals surface area contributed by atoms with Crippen molar-refractivity contribution in [1.82, 2.24) is 0 Å². The lowest BCUT2D eigenvalue weighted by atomic mass is 10.0. The average molecular weight is 328 g/mol. The zero-order valence-corrected chi connectivity index (χ0v) is 12.5.